The van der Waals surface area contributed by atoms with Gasteiger partial charge in [0.15, 0.2) is 5.17 Å². The van der Waals surface area contributed by atoms with Crippen LogP contribution in [0.3, 0.4) is 0 Å². The van der Waals surface area contributed by atoms with Gasteiger partial charge in [-0.2, -0.15) is 0 Å². The Kier molecular flexibility index (Phi) is 4.27. The lowest BCUT2D eigenvalue weighted by Crippen LogP contribution is -2.35. The summed E-state index contributed by atoms with van der Waals surface area (Å²) in [5.41, 5.74) is 2.48. The fraction of sp³-hybridized carbons (Fsp3) is 0.524. The van der Waals surface area contributed by atoms with E-state index in [9.17, 15) is 0 Å². The van der Waals surface area contributed by atoms with E-state index in [-0.39, 0.29) is 12.1 Å². The van der Waals surface area contributed by atoms with E-state index in [2.05, 4.69) is 52.0 Å². The molecule has 1 saturated carbocycles. The van der Waals surface area contributed by atoms with Gasteiger partial charge in [0.25, 0.3) is 0 Å². The van der Waals surface area contributed by atoms with Gasteiger partial charge in [-0.15, -0.1) is 0 Å². The number of hydrogen-bond donors (Lipinski definition) is 0. The van der Waals surface area contributed by atoms with Gasteiger partial charge in [0.2, 0.25) is 0 Å². The molecule has 2 fully saturated rings. The molecule has 2 aromatic heterocycles. The number of aromatic nitrogens is 2. The van der Waals surface area contributed by atoms with Crippen LogP contribution in [0.25, 0.3) is 0 Å². The molecule has 1 saturated heterocycles. The van der Waals surface area contributed by atoms with Gasteiger partial charge >= 0.3 is 0 Å². The van der Waals surface area contributed by atoms with Gasteiger partial charge in [0.05, 0.1) is 11.7 Å². The first kappa shape index (κ1) is 16.4. The van der Waals surface area contributed by atoms with Crippen molar-refractivity contribution < 1.29 is 0 Å². The van der Waals surface area contributed by atoms with Gasteiger partial charge < -0.3 is 9.47 Å². The summed E-state index contributed by atoms with van der Waals surface area (Å²) in [7, 11) is 0. The number of thioether (sulfide) groups is 1. The topological polar surface area (TPSA) is 33.4 Å². The zero-order valence-electron chi connectivity index (χ0n) is 15.3. The minimum absolute atomic E-state index is 0.104. The molecule has 2 aliphatic heterocycles. The first-order valence-corrected chi connectivity index (χ1v) is 10.9. The fourth-order valence-corrected chi connectivity index (χ4v) is 6.08. The Labute approximate surface area is 159 Å². The number of amidine groups is 1. The Balaban J connectivity index is 1.52. The average molecular weight is 367 g/mol. The number of pyridine rings is 1. The zero-order valence-corrected chi connectivity index (χ0v) is 16.1. The summed E-state index contributed by atoms with van der Waals surface area (Å²) in [6, 6.07) is 10.2. The molecule has 3 aliphatic rings. The maximum atomic E-state index is 5.12. The molecule has 0 amide bonds. The molecular weight excluding hydrogens is 340 g/mol. The predicted molar refractivity (Wildman–Crippen MR) is 107 cm³/mol. The van der Waals surface area contributed by atoms with E-state index < -0.39 is 0 Å². The summed E-state index contributed by atoms with van der Waals surface area (Å²) >= 11 is 1.92. The average Bonchev–Trinajstić information content (AvgIpc) is 3.44. The number of nitrogens with zero attached hydrogens (tertiary/aromatic N) is 4. The smallest absolute Gasteiger partial charge is 0.160 e. The van der Waals surface area contributed by atoms with Crippen LogP contribution in [0.15, 0.2) is 47.8 Å². The van der Waals surface area contributed by atoms with E-state index in [0.717, 1.165) is 11.4 Å². The molecular formula is C21H26N4S. The SMILES string of the molecule is CC[C@@H]1CSC2=N[C@H](c3ccccn3)[C@@H](c3ccn(C4CCCC4)c3)N21. The molecule has 4 heterocycles. The van der Waals surface area contributed by atoms with Crippen LogP contribution in [0.2, 0.25) is 0 Å². The normalized spacial score (nSPS) is 28.6. The second kappa shape index (κ2) is 6.76. The number of aliphatic imine (C=N–C) groups is 1. The minimum atomic E-state index is 0.104. The summed E-state index contributed by atoms with van der Waals surface area (Å²) in [6.45, 7) is 2.29. The van der Waals surface area contributed by atoms with Crippen LogP contribution in [-0.4, -0.2) is 31.4 Å². The second-order valence-electron chi connectivity index (χ2n) is 7.67. The van der Waals surface area contributed by atoms with Crippen LogP contribution in [0, 0.1) is 0 Å². The van der Waals surface area contributed by atoms with E-state index >= 15 is 0 Å². The molecule has 5 rings (SSSR count). The number of fused-ring (bicyclic) bond motifs is 1. The summed E-state index contributed by atoms with van der Waals surface area (Å²) in [4.78, 5) is 12.3. The highest BCUT2D eigenvalue weighted by Gasteiger charge is 2.45. The van der Waals surface area contributed by atoms with E-state index in [4.69, 9.17) is 4.99 Å². The molecule has 3 atom stereocenters. The Morgan fingerprint density at radius 1 is 1.19 bits per heavy atom. The fourth-order valence-electron chi connectivity index (χ4n) is 4.74. The van der Waals surface area contributed by atoms with Crippen molar-refractivity contribution >= 4 is 16.9 Å². The summed E-state index contributed by atoms with van der Waals surface area (Å²) in [5.74, 6) is 1.16. The van der Waals surface area contributed by atoms with Crippen molar-refractivity contribution in [3.05, 3.63) is 54.1 Å². The lowest BCUT2D eigenvalue weighted by molar-refractivity contribution is 0.255. The minimum Gasteiger partial charge on any atom is -0.351 e. The molecule has 0 spiro atoms. The van der Waals surface area contributed by atoms with Crippen LogP contribution in [0.5, 0.6) is 0 Å². The highest BCUT2D eigenvalue weighted by atomic mass is 32.2. The third-order valence-corrected chi connectivity index (χ3v) is 7.28. The van der Waals surface area contributed by atoms with E-state index in [1.807, 2.05) is 24.0 Å². The van der Waals surface area contributed by atoms with Crippen molar-refractivity contribution in [2.45, 2.75) is 63.2 Å². The van der Waals surface area contributed by atoms with Gasteiger partial charge in [-0.1, -0.05) is 37.6 Å². The number of hydrogen-bond acceptors (Lipinski definition) is 4. The molecule has 0 unspecified atom stereocenters. The molecule has 5 heteroatoms. The Hall–Kier alpha value is -1.75. The van der Waals surface area contributed by atoms with Gasteiger partial charge in [-0.05, 0) is 43.0 Å². The van der Waals surface area contributed by atoms with Crippen molar-refractivity contribution in [3.63, 3.8) is 0 Å². The third-order valence-electron chi connectivity index (χ3n) is 6.15. The van der Waals surface area contributed by atoms with Crippen molar-refractivity contribution in [2.75, 3.05) is 5.75 Å². The summed E-state index contributed by atoms with van der Waals surface area (Å²) < 4.78 is 2.46. The Bertz CT molecular complexity index is 793. The van der Waals surface area contributed by atoms with Crippen molar-refractivity contribution in [1.29, 1.82) is 0 Å². The lowest BCUT2D eigenvalue weighted by Gasteiger charge is -2.31. The van der Waals surface area contributed by atoms with Crippen LogP contribution in [-0.2, 0) is 0 Å². The highest BCUT2D eigenvalue weighted by Crippen LogP contribution is 2.48. The molecule has 136 valence electrons. The molecule has 0 aromatic carbocycles. The number of rotatable bonds is 4. The standard InChI is InChI=1S/C21H26N4S/c1-2-16-14-26-21-23-19(18-9-5-6-11-22-18)20(25(16)21)15-10-12-24(13-15)17-7-3-4-8-17/h5-6,9-13,16-17,19-20H,2-4,7-8,14H2,1H3/t16-,19-,20-/m1/s1. The van der Waals surface area contributed by atoms with Crippen LogP contribution in [0.4, 0.5) is 0 Å². The molecule has 4 nitrogen and oxygen atoms in total. The van der Waals surface area contributed by atoms with Crippen LogP contribution >= 0.6 is 11.8 Å². The van der Waals surface area contributed by atoms with Crippen molar-refractivity contribution in [3.8, 4) is 0 Å². The molecule has 26 heavy (non-hydrogen) atoms. The van der Waals surface area contributed by atoms with Crippen molar-refractivity contribution in [2.24, 2.45) is 4.99 Å². The van der Waals surface area contributed by atoms with Crippen molar-refractivity contribution in [1.82, 2.24) is 14.5 Å². The first-order chi connectivity index (χ1) is 12.8. The van der Waals surface area contributed by atoms with Gasteiger partial charge in [-0.25, -0.2) is 0 Å². The molecule has 1 aliphatic carbocycles. The monoisotopic (exact) mass is 366 g/mol. The predicted octanol–water partition coefficient (Wildman–Crippen LogP) is 4.98. The maximum absolute atomic E-state index is 5.12. The molecule has 0 bridgehead atoms. The van der Waals surface area contributed by atoms with Crippen LogP contribution in [0.1, 0.15) is 68.4 Å². The third kappa shape index (κ3) is 2.68. The van der Waals surface area contributed by atoms with Gasteiger partial charge in [0.1, 0.15) is 6.04 Å². The summed E-state index contributed by atoms with van der Waals surface area (Å²) in [6.07, 6.45) is 13.1. The van der Waals surface area contributed by atoms with E-state index in [1.54, 1.807) is 0 Å². The first-order valence-electron chi connectivity index (χ1n) is 9.92. The van der Waals surface area contributed by atoms with E-state index in [1.165, 1.54) is 42.8 Å². The highest BCUT2D eigenvalue weighted by molar-refractivity contribution is 8.14. The maximum Gasteiger partial charge on any atom is 0.160 e. The Morgan fingerprint density at radius 2 is 2.08 bits per heavy atom. The van der Waals surface area contributed by atoms with Crippen LogP contribution < -0.4 is 0 Å². The largest absolute Gasteiger partial charge is 0.351 e. The van der Waals surface area contributed by atoms with Gasteiger partial charge in [-0.3, -0.25) is 9.98 Å². The van der Waals surface area contributed by atoms with Gasteiger partial charge in [0, 0.05) is 36.4 Å². The zero-order chi connectivity index (χ0) is 17.5. The molecule has 0 N–H and O–H groups in total. The quantitative estimate of drug-likeness (QED) is 0.765. The molecule has 2 aromatic rings. The Morgan fingerprint density at radius 3 is 2.85 bits per heavy atom. The van der Waals surface area contributed by atoms with E-state index in [0.29, 0.717) is 12.1 Å². The second-order valence-corrected chi connectivity index (χ2v) is 8.65. The lowest BCUT2D eigenvalue weighted by atomic mass is 9.97. The summed E-state index contributed by atoms with van der Waals surface area (Å²) in [5, 5.41) is 1.21. The molecule has 0 radical (unpaired) electrons.